The molecule has 1 N–H and O–H groups in total. The number of thiocarbonyl (C=S) groups is 1. The predicted octanol–water partition coefficient (Wildman–Crippen LogP) is 4.44. The maximum atomic E-state index is 12.6. The zero-order valence-corrected chi connectivity index (χ0v) is 14.5. The van der Waals surface area contributed by atoms with Gasteiger partial charge in [0, 0.05) is 5.02 Å². The molecule has 2 aromatic carbocycles. The van der Waals surface area contributed by atoms with Crippen molar-refractivity contribution in [1.29, 1.82) is 0 Å². The maximum Gasteiger partial charge on any atom is 0.335 e. The molecule has 0 radical (unpaired) electrons. The van der Waals surface area contributed by atoms with Crippen LogP contribution in [0.5, 0.6) is 0 Å². The molecular formula is C17H10ClNO3S2. The fourth-order valence-electron chi connectivity index (χ4n) is 2.18. The minimum atomic E-state index is -1.02. The number of thioether (sulfide) groups is 1. The highest BCUT2D eigenvalue weighted by atomic mass is 35.5. The Balaban J connectivity index is 1.92. The Morgan fingerprint density at radius 2 is 1.83 bits per heavy atom. The number of nitrogens with zero attached hydrogens (tertiary/aromatic N) is 1. The van der Waals surface area contributed by atoms with Crippen LogP contribution in [0.1, 0.15) is 15.9 Å². The first-order valence-corrected chi connectivity index (χ1v) is 8.43. The summed E-state index contributed by atoms with van der Waals surface area (Å²) in [5, 5.41) is 9.49. The van der Waals surface area contributed by atoms with Gasteiger partial charge in [-0.3, -0.25) is 9.69 Å². The van der Waals surface area contributed by atoms with E-state index in [9.17, 15) is 9.59 Å². The summed E-state index contributed by atoms with van der Waals surface area (Å²) < 4.78 is 0.390. The van der Waals surface area contributed by atoms with Crippen LogP contribution < -0.4 is 4.90 Å². The zero-order chi connectivity index (χ0) is 17.3. The van der Waals surface area contributed by atoms with E-state index in [1.54, 1.807) is 24.3 Å². The molecule has 3 rings (SSSR count). The quantitative estimate of drug-likeness (QED) is 0.634. The van der Waals surface area contributed by atoms with E-state index in [0.29, 0.717) is 19.9 Å². The Morgan fingerprint density at radius 3 is 2.46 bits per heavy atom. The van der Waals surface area contributed by atoms with E-state index in [1.165, 1.54) is 28.8 Å². The number of halogens is 1. The lowest BCUT2D eigenvalue weighted by atomic mass is 10.2. The van der Waals surface area contributed by atoms with Gasteiger partial charge in [-0.15, -0.1) is 0 Å². The Bertz CT molecular complexity index is 878. The Hall–Kier alpha value is -2.15. The number of rotatable bonds is 3. The van der Waals surface area contributed by atoms with Gasteiger partial charge in [-0.1, -0.05) is 53.8 Å². The van der Waals surface area contributed by atoms with Gasteiger partial charge in [-0.05, 0) is 42.0 Å². The first-order chi connectivity index (χ1) is 11.5. The van der Waals surface area contributed by atoms with Gasteiger partial charge >= 0.3 is 5.97 Å². The van der Waals surface area contributed by atoms with Gasteiger partial charge in [0.1, 0.15) is 0 Å². The molecule has 0 spiro atoms. The second-order valence-electron chi connectivity index (χ2n) is 4.89. The molecule has 1 aliphatic rings. The largest absolute Gasteiger partial charge is 0.478 e. The lowest BCUT2D eigenvalue weighted by Crippen LogP contribution is -2.27. The summed E-state index contributed by atoms with van der Waals surface area (Å²) in [6.45, 7) is 0. The normalized spacial score (nSPS) is 16.0. The summed E-state index contributed by atoms with van der Waals surface area (Å²) in [5.41, 5.74) is 1.42. The fourth-order valence-corrected chi connectivity index (χ4v) is 3.66. The SMILES string of the molecule is O=C(O)c1ccc(N2C(=O)/C(=C/c3ccccc3Cl)SC2=S)cc1. The number of carboxylic acid groups (broad SMARTS) is 1. The van der Waals surface area contributed by atoms with Crippen molar-refractivity contribution >= 4 is 63.5 Å². The van der Waals surface area contributed by atoms with Crippen LogP contribution in [0, 0.1) is 0 Å². The molecule has 0 atom stereocenters. The monoisotopic (exact) mass is 375 g/mol. The number of hydrogen-bond acceptors (Lipinski definition) is 4. The molecule has 0 aliphatic carbocycles. The fraction of sp³-hybridized carbons (Fsp3) is 0. The molecule has 0 bridgehead atoms. The summed E-state index contributed by atoms with van der Waals surface area (Å²) in [6, 6.07) is 13.2. The van der Waals surface area contributed by atoms with Gasteiger partial charge < -0.3 is 5.11 Å². The molecule has 0 saturated carbocycles. The number of amides is 1. The van der Waals surface area contributed by atoms with E-state index in [1.807, 2.05) is 18.2 Å². The van der Waals surface area contributed by atoms with E-state index < -0.39 is 5.97 Å². The topological polar surface area (TPSA) is 57.6 Å². The van der Waals surface area contributed by atoms with E-state index in [0.717, 1.165) is 5.56 Å². The number of carboxylic acids is 1. The van der Waals surface area contributed by atoms with Gasteiger partial charge in [-0.2, -0.15) is 0 Å². The van der Waals surface area contributed by atoms with Gasteiger partial charge in [-0.25, -0.2) is 4.79 Å². The minimum Gasteiger partial charge on any atom is -0.478 e. The molecule has 24 heavy (non-hydrogen) atoms. The standard InChI is InChI=1S/C17H10ClNO3S2/c18-13-4-2-1-3-11(13)9-14-15(20)19(17(23)24-14)12-7-5-10(6-8-12)16(21)22/h1-9H,(H,21,22)/b14-9-. The molecule has 1 aliphatic heterocycles. The van der Waals surface area contributed by atoms with Crippen molar-refractivity contribution in [3.63, 3.8) is 0 Å². The van der Waals surface area contributed by atoms with Crippen LogP contribution in [0.3, 0.4) is 0 Å². The molecule has 1 amide bonds. The van der Waals surface area contributed by atoms with Crippen molar-refractivity contribution in [2.45, 2.75) is 0 Å². The molecule has 1 heterocycles. The van der Waals surface area contributed by atoms with Crippen molar-refractivity contribution in [3.8, 4) is 0 Å². The molecule has 7 heteroatoms. The Morgan fingerprint density at radius 1 is 1.17 bits per heavy atom. The lowest BCUT2D eigenvalue weighted by molar-refractivity contribution is -0.113. The molecule has 1 saturated heterocycles. The Labute approximate surface area is 152 Å². The lowest BCUT2D eigenvalue weighted by Gasteiger charge is -2.14. The molecule has 120 valence electrons. The van der Waals surface area contributed by atoms with Gasteiger partial charge in [0.2, 0.25) is 0 Å². The number of hydrogen-bond donors (Lipinski definition) is 1. The number of carbonyl (C=O) groups excluding carboxylic acids is 1. The smallest absolute Gasteiger partial charge is 0.335 e. The van der Waals surface area contributed by atoms with Crippen LogP contribution in [0.4, 0.5) is 5.69 Å². The highest BCUT2D eigenvalue weighted by Crippen LogP contribution is 2.36. The number of carbonyl (C=O) groups is 2. The second-order valence-corrected chi connectivity index (χ2v) is 6.97. The first kappa shape index (κ1) is 16.7. The molecular weight excluding hydrogens is 366 g/mol. The van der Waals surface area contributed by atoms with Gasteiger partial charge in [0.25, 0.3) is 5.91 Å². The number of aromatic carboxylic acids is 1. The number of benzene rings is 2. The molecule has 0 aromatic heterocycles. The summed E-state index contributed by atoms with van der Waals surface area (Å²) in [4.78, 5) is 25.4. The van der Waals surface area contributed by atoms with Gasteiger partial charge in [0.15, 0.2) is 4.32 Å². The van der Waals surface area contributed by atoms with Crippen molar-refractivity contribution in [2.75, 3.05) is 4.90 Å². The third-order valence-electron chi connectivity index (χ3n) is 3.36. The van der Waals surface area contributed by atoms with Crippen molar-refractivity contribution in [1.82, 2.24) is 0 Å². The first-order valence-electron chi connectivity index (χ1n) is 6.83. The maximum absolute atomic E-state index is 12.6. The van der Waals surface area contributed by atoms with Crippen LogP contribution in [-0.4, -0.2) is 21.3 Å². The van der Waals surface area contributed by atoms with Crippen LogP contribution >= 0.6 is 35.6 Å². The van der Waals surface area contributed by atoms with Crippen molar-refractivity contribution in [2.24, 2.45) is 0 Å². The summed E-state index contributed by atoms with van der Waals surface area (Å²) >= 11 is 12.6. The minimum absolute atomic E-state index is 0.149. The highest BCUT2D eigenvalue weighted by Gasteiger charge is 2.33. The van der Waals surface area contributed by atoms with E-state index in [-0.39, 0.29) is 11.5 Å². The van der Waals surface area contributed by atoms with E-state index >= 15 is 0 Å². The average molecular weight is 376 g/mol. The van der Waals surface area contributed by atoms with Crippen molar-refractivity contribution < 1.29 is 14.7 Å². The molecule has 4 nitrogen and oxygen atoms in total. The summed E-state index contributed by atoms with van der Waals surface area (Å²) in [5.74, 6) is -1.28. The average Bonchev–Trinajstić information content (AvgIpc) is 2.84. The third-order valence-corrected chi connectivity index (χ3v) is 5.00. The van der Waals surface area contributed by atoms with Crippen LogP contribution in [-0.2, 0) is 4.79 Å². The van der Waals surface area contributed by atoms with E-state index in [2.05, 4.69) is 0 Å². The summed E-state index contributed by atoms with van der Waals surface area (Å²) in [6.07, 6.45) is 1.70. The number of anilines is 1. The van der Waals surface area contributed by atoms with E-state index in [4.69, 9.17) is 28.9 Å². The predicted molar refractivity (Wildman–Crippen MR) is 101 cm³/mol. The van der Waals surface area contributed by atoms with Crippen molar-refractivity contribution in [3.05, 3.63) is 69.6 Å². The zero-order valence-electron chi connectivity index (χ0n) is 12.1. The van der Waals surface area contributed by atoms with Crippen LogP contribution in [0.2, 0.25) is 5.02 Å². The summed E-state index contributed by atoms with van der Waals surface area (Å²) in [7, 11) is 0. The highest BCUT2D eigenvalue weighted by molar-refractivity contribution is 8.27. The molecule has 2 aromatic rings. The third kappa shape index (κ3) is 3.21. The van der Waals surface area contributed by atoms with Crippen LogP contribution in [0.25, 0.3) is 6.08 Å². The molecule has 1 fully saturated rings. The second kappa shape index (κ2) is 6.76. The Kier molecular flexibility index (Phi) is 4.71. The van der Waals surface area contributed by atoms with Gasteiger partial charge in [0.05, 0.1) is 16.2 Å². The van der Waals surface area contributed by atoms with Crippen LogP contribution in [0.15, 0.2) is 53.4 Å². The molecule has 0 unspecified atom stereocenters.